The molecule has 6 heteroatoms. The molecule has 0 aliphatic carbocycles. The summed E-state index contributed by atoms with van der Waals surface area (Å²) in [5.74, 6) is 0.165. The van der Waals surface area contributed by atoms with Gasteiger partial charge in [-0.1, -0.05) is 0 Å². The van der Waals surface area contributed by atoms with E-state index in [9.17, 15) is 10.1 Å². The summed E-state index contributed by atoms with van der Waals surface area (Å²) < 4.78 is 0. The van der Waals surface area contributed by atoms with Crippen molar-refractivity contribution in [1.29, 1.82) is 0 Å². The summed E-state index contributed by atoms with van der Waals surface area (Å²) in [4.78, 5) is 15.0. The van der Waals surface area contributed by atoms with Gasteiger partial charge >= 0.3 is 0 Å². The van der Waals surface area contributed by atoms with Gasteiger partial charge in [-0.25, -0.2) is 0 Å². The largest absolute Gasteiger partial charge is 0.369 e. The van der Waals surface area contributed by atoms with Crippen molar-refractivity contribution >= 4 is 23.0 Å². The summed E-state index contributed by atoms with van der Waals surface area (Å²) in [6, 6.07) is 5.18. The maximum atomic E-state index is 10.8. The zero-order chi connectivity index (χ0) is 13.1. The molecule has 5 nitrogen and oxygen atoms in total. The van der Waals surface area contributed by atoms with E-state index in [4.69, 9.17) is 11.6 Å². The van der Waals surface area contributed by atoms with Crippen molar-refractivity contribution in [1.82, 2.24) is 4.90 Å². The van der Waals surface area contributed by atoms with E-state index in [1.165, 1.54) is 0 Å². The maximum absolute atomic E-state index is 10.8. The summed E-state index contributed by atoms with van der Waals surface area (Å²) in [5.41, 5.74) is 1.70. The number of nitro benzene ring substituents is 1. The molecule has 1 aliphatic rings. The monoisotopic (exact) mass is 269 g/mol. The number of benzene rings is 1. The molecule has 1 heterocycles. The molecule has 1 aromatic rings. The van der Waals surface area contributed by atoms with Crippen LogP contribution >= 0.6 is 11.6 Å². The van der Waals surface area contributed by atoms with Gasteiger partial charge in [0.1, 0.15) is 0 Å². The van der Waals surface area contributed by atoms with Gasteiger partial charge in [0.2, 0.25) is 0 Å². The molecule has 2 rings (SSSR count). The minimum atomic E-state index is -0.383. The number of rotatable bonds is 3. The second kappa shape index (κ2) is 5.54. The van der Waals surface area contributed by atoms with Crippen molar-refractivity contribution in [2.24, 2.45) is 0 Å². The van der Waals surface area contributed by atoms with E-state index in [0.29, 0.717) is 5.56 Å². The lowest BCUT2D eigenvalue weighted by Gasteiger charge is -2.34. The lowest BCUT2D eigenvalue weighted by atomic mass is 10.1. The van der Waals surface area contributed by atoms with Crippen LogP contribution in [0.2, 0.25) is 0 Å². The second-order valence-electron chi connectivity index (χ2n) is 4.49. The summed E-state index contributed by atoms with van der Waals surface area (Å²) in [7, 11) is 2.09. The number of anilines is 1. The van der Waals surface area contributed by atoms with E-state index in [0.717, 1.165) is 31.9 Å². The number of nitro groups is 1. The molecule has 0 aromatic heterocycles. The third-order valence-electron chi connectivity index (χ3n) is 3.27. The Bertz CT molecular complexity index is 445. The van der Waals surface area contributed by atoms with Crippen LogP contribution in [0.3, 0.4) is 0 Å². The van der Waals surface area contributed by atoms with E-state index in [1.807, 2.05) is 6.07 Å². The predicted octanol–water partition coefficient (Wildman–Crippen LogP) is 2.09. The van der Waals surface area contributed by atoms with E-state index in [1.54, 1.807) is 12.1 Å². The standard InChI is InChI=1S/C12H16ClN3O2/c1-14-4-6-15(7-5-14)11-2-3-12(16(17)18)10(8-11)9-13/h2-3,8H,4-7,9H2,1H3. The van der Waals surface area contributed by atoms with Crippen LogP contribution in [0, 0.1) is 10.1 Å². The van der Waals surface area contributed by atoms with Gasteiger partial charge in [0, 0.05) is 43.5 Å². The molecule has 0 unspecified atom stereocenters. The van der Waals surface area contributed by atoms with Crippen LogP contribution in [0.4, 0.5) is 11.4 Å². The molecule has 0 bridgehead atoms. The number of piperazine rings is 1. The third-order valence-corrected chi connectivity index (χ3v) is 3.56. The van der Waals surface area contributed by atoms with Crippen LogP contribution in [0.25, 0.3) is 0 Å². The summed E-state index contributed by atoms with van der Waals surface area (Å²) in [6.45, 7) is 3.90. The van der Waals surface area contributed by atoms with Crippen LogP contribution in [0.5, 0.6) is 0 Å². The molecule has 0 radical (unpaired) electrons. The lowest BCUT2D eigenvalue weighted by Crippen LogP contribution is -2.44. The number of alkyl halides is 1. The molecule has 0 saturated carbocycles. The maximum Gasteiger partial charge on any atom is 0.273 e. The highest BCUT2D eigenvalue weighted by atomic mass is 35.5. The highest BCUT2D eigenvalue weighted by Crippen LogP contribution is 2.26. The molecule has 1 aliphatic heterocycles. The number of nitrogens with zero attached hydrogens (tertiary/aromatic N) is 3. The van der Waals surface area contributed by atoms with Crippen molar-refractivity contribution in [2.45, 2.75) is 5.88 Å². The Morgan fingerprint density at radius 1 is 1.33 bits per heavy atom. The molecular formula is C12H16ClN3O2. The fraction of sp³-hybridized carbons (Fsp3) is 0.500. The van der Waals surface area contributed by atoms with Crippen LogP contribution in [0.1, 0.15) is 5.56 Å². The van der Waals surface area contributed by atoms with Gasteiger partial charge in [0.15, 0.2) is 0 Å². The first kappa shape index (κ1) is 13.1. The van der Waals surface area contributed by atoms with Gasteiger partial charge in [-0.3, -0.25) is 10.1 Å². The highest BCUT2D eigenvalue weighted by Gasteiger charge is 2.18. The first-order chi connectivity index (χ1) is 8.61. The Morgan fingerprint density at radius 3 is 2.56 bits per heavy atom. The van der Waals surface area contributed by atoms with Crippen molar-refractivity contribution in [2.75, 3.05) is 38.1 Å². The summed E-state index contributed by atoms with van der Waals surface area (Å²) >= 11 is 5.78. The van der Waals surface area contributed by atoms with Gasteiger partial charge in [0.25, 0.3) is 5.69 Å². The molecule has 0 N–H and O–H groups in total. The normalized spacial score (nSPS) is 16.9. The van der Waals surface area contributed by atoms with Gasteiger partial charge in [-0.15, -0.1) is 11.6 Å². The fourth-order valence-electron chi connectivity index (χ4n) is 2.12. The molecule has 18 heavy (non-hydrogen) atoms. The van der Waals surface area contributed by atoms with Crippen molar-refractivity contribution in [3.8, 4) is 0 Å². The Hall–Kier alpha value is -1.33. The first-order valence-corrected chi connectivity index (χ1v) is 6.42. The van der Waals surface area contributed by atoms with Gasteiger partial charge in [-0.05, 0) is 19.2 Å². The zero-order valence-corrected chi connectivity index (χ0v) is 11.1. The molecule has 1 saturated heterocycles. The van der Waals surface area contributed by atoms with E-state index >= 15 is 0 Å². The second-order valence-corrected chi connectivity index (χ2v) is 4.76. The molecular weight excluding hydrogens is 254 g/mol. The van der Waals surface area contributed by atoms with Gasteiger partial charge < -0.3 is 9.80 Å². The quantitative estimate of drug-likeness (QED) is 0.479. The minimum absolute atomic E-state index is 0.0999. The molecule has 0 amide bonds. The summed E-state index contributed by atoms with van der Waals surface area (Å²) in [5, 5.41) is 10.8. The van der Waals surface area contributed by atoms with E-state index in [-0.39, 0.29) is 16.5 Å². The average molecular weight is 270 g/mol. The van der Waals surface area contributed by atoms with Gasteiger partial charge in [0.05, 0.1) is 10.8 Å². The van der Waals surface area contributed by atoms with Gasteiger partial charge in [-0.2, -0.15) is 0 Å². The summed E-state index contributed by atoms with van der Waals surface area (Å²) in [6.07, 6.45) is 0. The number of halogens is 1. The van der Waals surface area contributed by atoms with Crippen molar-refractivity contribution < 1.29 is 4.92 Å². The smallest absolute Gasteiger partial charge is 0.273 e. The molecule has 1 fully saturated rings. The van der Waals surface area contributed by atoms with Crippen molar-refractivity contribution in [3.05, 3.63) is 33.9 Å². The topological polar surface area (TPSA) is 49.6 Å². The minimum Gasteiger partial charge on any atom is -0.369 e. The Kier molecular flexibility index (Phi) is 4.04. The number of likely N-dealkylation sites (N-methyl/N-ethyl adjacent to an activating group) is 1. The Balaban J connectivity index is 2.22. The zero-order valence-electron chi connectivity index (χ0n) is 10.3. The predicted molar refractivity (Wildman–Crippen MR) is 72.4 cm³/mol. The third kappa shape index (κ3) is 2.73. The Labute approximate surface area is 111 Å². The molecule has 0 spiro atoms. The lowest BCUT2D eigenvalue weighted by molar-refractivity contribution is -0.385. The highest BCUT2D eigenvalue weighted by molar-refractivity contribution is 6.17. The van der Waals surface area contributed by atoms with Crippen LogP contribution < -0.4 is 4.90 Å². The van der Waals surface area contributed by atoms with E-state index < -0.39 is 0 Å². The molecule has 1 aromatic carbocycles. The Morgan fingerprint density at radius 2 is 2.00 bits per heavy atom. The van der Waals surface area contributed by atoms with Crippen LogP contribution in [-0.2, 0) is 5.88 Å². The van der Waals surface area contributed by atoms with Crippen LogP contribution in [0.15, 0.2) is 18.2 Å². The first-order valence-electron chi connectivity index (χ1n) is 5.88. The number of hydrogen-bond donors (Lipinski definition) is 0. The molecule has 0 atom stereocenters. The fourth-order valence-corrected chi connectivity index (χ4v) is 2.33. The van der Waals surface area contributed by atoms with E-state index in [2.05, 4.69) is 16.8 Å². The SMILES string of the molecule is CN1CCN(c2ccc([N+](=O)[O-])c(CCl)c2)CC1. The van der Waals surface area contributed by atoms with Crippen molar-refractivity contribution in [3.63, 3.8) is 0 Å². The van der Waals surface area contributed by atoms with Crippen LogP contribution in [-0.4, -0.2) is 43.0 Å². The molecule has 98 valence electrons. The average Bonchev–Trinajstić information content (AvgIpc) is 2.38. The number of hydrogen-bond acceptors (Lipinski definition) is 4.